The van der Waals surface area contributed by atoms with Crippen LogP contribution >= 0.6 is 0 Å². The van der Waals surface area contributed by atoms with E-state index in [1.54, 1.807) is 12.1 Å². The predicted molar refractivity (Wildman–Crippen MR) is 67.4 cm³/mol. The molecule has 0 radical (unpaired) electrons. The highest BCUT2D eigenvalue weighted by Gasteiger charge is 2.51. The molecule has 0 aromatic heterocycles. The van der Waals surface area contributed by atoms with Gasteiger partial charge in [0.15, 0.2) is 0 Å². The minimum atomic E-state index is -0.972. The Labute approximate surface area is 110 Å². The molecule has 1 fully saturated rings. The molecular formula is C14H15NO4. The predicted octanol–water partition coefficient (Wildman–Crippen LogP) is 1.09. The van der Waals surface area contributed by atoms with Gasteiger partial charge >= 0.3 is 11.9 Å². The lowest BCUT2D eigenvalue weighted by molar-refractivity contribution is -0.141. The SMILES string of the molecule is O=C(O)c1ccc2c(c1)CC1(CCNC1)C2C(=O)O. The maximum atomic E-state index is 11.6. The first-order valence-electron chi connectivity index (χ1n) is 6.33. The van der Waals surface area contributed by atoms with Crippen molar-refractivity contribution in [2.24, 2.45) is 5.41 Å². The quantitative estimate of drug-likeness (QED) is 0.742. The molecule has 1 heterocycles. The molecule has 2 atom stereocenters. The van der Waals surface area contributed by atoms with Crippen LogP contribution in [0.3, 0.4) is 0 Å². The lowest BCUT2D eigenvalue weighted by atomic mass is 9.75. The summed E-state index contributed by atoms with van der Waals surface area (Å²) in [5.41, 5.74) is 1.59. The van der Waals surface area contributed by atoms with Gasteiger partial charge in [0.25, 0.3) is 0 Å². The average Bonchev–Trinajstić information content (AvgIpc) is 2.92. The second kappa shape index (κ2) is 4.06. The van der Waals surface area contributed by atoms with E-state index < -0.39 is 17.9 Å². The lowest BCUT2D eigenvalue weighted by Gasteiger charge is -2.27. The van der Waals surface area contributed by atoms with E-state index in [4.69, 9.17) is 5.11 Å². The van der Waals surface area contributed by atoms with Crippen LogP contribution in [0.1, 0.15) is 33.8 Å². The number of aliphatic carboxylic acids is 1. The number of carbonyl (C=O) groups is 2. The van der Waals surface area contributed by atoms with Crippen LogP contribution in [-0.2, 0) is 11.2 Å². The average molecular weight is 261 g/mol. The minimum absolute atomic E-state index is 0.228. The Balaban J connectivity index is 2.08. The Morgan fingerprint density at radius 3 is 2.68 bits per heavy atom. The number of carboxylic acid groups (broad SMARTS) is 2. The van der Waals surface area contributed by atoms with E-state index in [0.717, 1.165) is 24.1 Å². The highest BCUT2D eigenvalue weighted by atomic mass is 16.4. The largest absolute Gasteiger partial charge is 0.481 e. The summed E-state index contributed by atoms with van der Waals surface area (Å²) < 4.78 is 0. The Bertz CT molecular complexity index is 561. The van der Waals surface area contributed by atoms with Gasteiger partial charge in [-0.3, -0.25) is 4.79 Å². The van der Waals surface area contributed by atoms with Gasteiger partial charge in [-0.05, 0) is 42.6 Å². The molecule has 5 heteroatoms. The van der Waals surface area contributed by atoms with Gasteiger partial charge in [-0.25, -0.2) is 4.79 Å². The third kappa shape index (κ3) is 1.73. The first kappa shape index (κ1) is 12.2. The van der Waals surface area contributed by atoms with Crippen molar-refractivity contribution in [3.05, 3.63) is 34.9 Å². The Morgan fingerprint density at radius 2 is 2.11 bits per heavy atom. The molecule has 1 aromatic carbocycles. The van der Waals surface area contributed by atoms with Crippen molar-refractivity contribution < 1.29 is 19.8 Å². The number of benzene rings is 1. The smallest absolute Gasteiger partial charge is 0.335 e. The molecule has 1 aromatic rings. The summed E-state index contributed by atoms with van der Waals surface area (Å²) in [6.07, 6.45) is 1.47. The first-order valence-corrected chi connectivity index (χ1v) is 6.33. The van der Waals surface area contributed by atoms with Gasteiger partial charge in [0, 0.05) is 12.0 Å². The third-order valence-corrected chi connectivity index (χ3v) is 4.38. The van der Waals surface area contributed by atoms with E-state index in [1.165, 1.54) is 6.07 Å². The number of nitrogens with one attached hydrogen (secondary N) is 1. The normalized spacial score (nSPS) is 28.5. The summed E-state index contributed by atoms with van der Waals surface area (Å²) in [6, 6.07) is 4.80. The zero-order chi connectivity index (χ0) is 13.6. The van der Waals surface area contributed by atoms with Crippen molar-refractivity contribution in [3.8, 4) is 0 Å². The fourth-order valence-corrected chi connectivity index (χ4v) is 3.54. The molecule has 1 aliphatic heterocycles. The standard InChI is InChI=1S/C14H15NO4/c16-12(17)8-1-2-10-9(5-8)6-14(3-4-15-7-14)11(10)13(18)19/h1-2,5,11,15H,3-4,6-7H2,(H,16,17)(H,18,19). The zero-order valence-electron chi connectivity index (χ0n) is 10.3. The number of hydrogen-bond donors (Lipinski definition) is 3. The van der Waals surface area contributed by atoms with E-state index in [0.29, 0.717) is 13.0 Å². The summed E-state index contributed by atoms with van der Waals surface area (Å²) in [4.78, 5) is 22.6. The molecule has 5 nitrogen and oxygen atoms in total. The highest BCUT2D eigenvalue weighted by molar-refractivity contribution is 5.89. The number of aromatic carboxylic acids is 1. The summed E-state index contributed by atoms with van der Waals surface area (Å²) in [6.45, 7) is 1.50. The maximum absolute atomic E-state index is 11.6. The van der Waals surface area contributed by atoms with Crippen LogP contribution < -0.4 is 5.32 Å². The van der Waals surface area contributed by atoms with Crippen LogP contribution in [-0.4, -0.2) is 35.2 Å². The number of fused-ring (bicyclic) bond motifs is 1. The van der Waals surface area contributed by atoms with Gasteiger partial charge in [-0.15, -0.1) is 0 Å². The first-order chi connectivity index (χ1) is 9.03. The monoisotopic (exact) mass is 261 g/mol. The van der Waals surface area contributed by atoms with Crippen LogP contribution in [0.15, 0.2) is 18.2 Å². The van der Waals surface area contributed by atoms with Crippen molar-refractivity contribution >= 4 is 11.9 Å². The molecule has 19 heavy (non-hydrogen) atoms. The third-order valence-electron chi connectivity index (χ3n) is 4.38. The molecule has 1 saturated heterocycles. The van der Waals surface area contributed by atoms with E-state index in [9.17, 15) is 14.7 Å². The van der Waals surface area contributed by atoms with Crippen molar-refractivity contribution in [2.75, 3.05) is 13.1 Å². The van der Waals surface area contributed by atoms with E-state index in [2.05, 4.69) is 5.32 Å². The van der Waals surface area contributed by atoms with Gasteiger partial charge in [-0.1, -0.05) is 6.07 Å². The molecule has 0 saturated carbocycles. The van der Waals surface area contributed by atoms with Crippen molar-refractivity contribution in [2.45, 2.75) is 18.8 Å². The molecular weight excluding hydrogens is 246 g/mol. The molecule has 0 amide bonds. The van der Waals surface area contributed by atoms with Crippen molar-refractivity contribution in [3.63, 3.8) is 0 Å². The fourth-order valence-electron chi connectivity index (χ4n) is 3.54. The van der Waals surface area contributed by atoms with Gasteiger partial charge in [0.1, 0.15) is 0 Å². The van der Waals surface area contributed by atoms with E-state index in [1.807, 2.05) is 0 Å². The summed E-state index contributed by atoms with van der Waals surface area (Å²) >= 11 is 0. The Hall–Kier alpha value is -1.88. The summed E-state index contributed by atoms with van der Waals surface area (Å²) in [5, 5.41) is 21.8. The zero-order valence-corrected chi connectivity index (χ0v) is 10.3. The van der Waals surface area contributed by atoms with Gasteiger partial charge in [0.05, 0.1) is 11.5 Å². The second-order valence-corrected chi connectivity index (χ2v) is 5.46. The second-order valence-electron chi connectivity index (χ2n) is 5.46. The molecule has 3 N–H and O–H groups in total. The molecule has 2 unspecified atom stereocenters. The topological polar surface area (TPSA) is 86.6 Å². The Morgan fingerprint density at radius 1 is 1.32 bits per heavy atom. The van der Waals surface area contributed by atoms with Crippen molar-refractivity contribution in [1.82, 2.24) is 5.32 Å². The summed E-state index contributed by atoms with van der Waals surface area (Å²) in [7, 11) is 0. The van der Waals surface area contributed by atoms with E-state index in [-0.39, 0.29) is 11.0 Å². The maximum Gasteiger partial charge on any atom is 0.335 e. The van der Waals surface area contributed by atoms with Crippen LogP contribution in [0.5, 0.6) is 0 Å². The summed E-state index contributed by atoms with van der Waals surface area (Å²) in [5.74, 6) is -2.31. The lowest BCUT2D eigenvalue weighted by Crippen LogP contribution is -2.33. The van der Waals surface area contributed by atoms with Crippen molar-refractivity contribution in [1.29, 1.82) is 0 Å². The number of hydrogen-bond acceptors (Lipinski definition) is 3. The number of carboxylic acids is 2. The Kier molecular flexibility index (Phi) is 2.60. The van der Waals surface area contributed by atoms with Gasteiger partial charge in [-0.2, -0.15) is 0 Å². The van der Waals surface area contributed by atoms with Crippen LogP contribution in [0.2, 0.25) is 0 Å². The highest BCUT2D eigenvalue weighted by Crippen LogP contribution is 2.51. The fraction of sp³-hybridized carbons (Fsp3) is 0.429. The molecule has 2 aliphatic rings. The van der Waals surface area contributed by atoms with Gasteiger partial charge < -0.3 is 15.5 Å². The molecule has 3 rings (SSSR count). The van der Waals surface area contributed by atoms with Gasteiger partial charge in [0.2, 0.25) is 0 Å². The molecule has 1 aliphatic carbocycles. The molecule has 100 valence electrons. The van der Waals surface area contributed by atoms with E-state index >= 15 is 0 Å². The van der Waals surface area contributed by atoms with Crippen LogP contribution in [0, 0.1) is 5.41 Å². The number of rotatable bonds is 2. The molecule has 1 spiro atoms. The molecule has 0 bridgehead atoms. The van der Waals surface area contributed by atoms with Crippen LogP contribution in [0.4, 0.5) is 0 Å². The van der Waals surface area contributed by atoms with Crippen LogP contribution in [0.25, 0.3) is 0 Å². The minimum Gasteiger partial charge on any atom is -0.481 e.